The number of carbonyl (C=O) groups excluding carboxylic acids is 2. The van der Waals surface area contributed by atoms with Crippen molar-refractivity contribution >= 4 is 11.9 Å². The average molecular weight is 677 g/mol. The predicted molar refractivity (Wildman–Crippen MR) is 205 cm³/mol. The Labute approximate surface area is 301 Å². The monoisotopic (exact) mass is 677 g/mol. The summed E-state index contributed by atoms with van der Waals surface area (Å²) < 4.78 is 11.3. The lowest BCUT2D eigenvalue weighted by Crippen LogP contribution is -2.24. The van der Waals surface area contributed by atoms with Gasteiger partial charge in [0.2, 0.25) is 0 Å². The Hall–Kier alpha value is -2.36. The lowest BCUT2D eigenvalue weighted by molar-refractivity contribution is -0.145. The van der Waals surface area contributed by atoms with Crippen LogP contribution in [0.2, 0.25) is 0 Å². The summed E-state index contributed by atoms with van der Waals surface area (Å²) in [5.41, 5.74) is 3.99. The summed E-state index contributed by atoms with van der Waals surface area (Å²) in [5.74, 6) is 0.908. The molecule has 0 spiro atoms. The van der Waals surface area contributed by atoms with E-state index >= 15 is 0 Å². The molecule has 0 N–H and O–H groups in total. The third-order valence-corrected chi connectivity index (χ3v) is 11.2. The van der Waals surface area contributed by atoms with Crippen molar-refractivity contribution < 1.29 is 19.1 Å². The van der Waals surface area contributed by atoms with Crippen LogP contribution in [0.5, 0.6) is 0 Å². The van der Waals surface area contributed by atoms with Gasteiger partial charge in [-0.25, -0.2) is 9.59 Å². The Bertz CT molecular complexity index is 1030. The van der Waals surface area contributed by atoms with Gasteiger partial charge in [0.05, 0.1) is 0 Å². The minimum absolute atomic E-state index is 0.0428. The number of hydrogen-bond acceptors (Lipinski definition) is 4. The molecule has 3 aliphatic carbocycles. The standard InChI is InChI=1S/C34H60O2.C11H12O2/c1-29(34(35)36-32-27-21-15-9-4-10-16-22-28-32)33(30-23-17-11-5-2-6-12-18-24-30)31-25-19-13-7-3-8-14-20-26-31;1-9(2)11(12)13-8-10-6-4-3-5-7-10/h30-32H,2-28H2,1H3;3-7H,1,8H2,2H3. The first kappa shape index (κ1) is 41.1. The molecule has 1 aromatic rings. The second-order valence-corrected chi connectivity index (χ2v) is 15.5. The van der Waals surface area contributed by atoms with Crippen LogP contribution in [0.15, 0.2) is 53.6 Å². The zero-order chi connectivity index (χ0) is 34.9. The summed E-state index contributed by atoms with van der Waals surface area (Å²) in [4.78, 5) is 24.8. The topological polar surface area (TPSA) is 52.6 Å². The number of allylic oxidation sites excluding steroid dienone is 1. The van der Waals surface area contributed by atoms with E-state index in [-0.39, 0.29) is 18.0 Å². The van der Waals surface area contributed by atoms with E-state index in [0.29, 0.717) is 24.0 Å². The van der Waals surface area contributed by atoms with E-state index in [2.05, 4.69) is 13.5 Å². The van der Waals surface area contributed by atoms with Gasteiger partial charge in [0.15, 0.2) is 0 Å². The van der Waals surface area contributed by atoms with Crippen molar-refractivity contribution in [3.63, 3.8) is 0 Å². The quantitative estimate of drug-likeness (QED) is 0.213. The predicted octanol–water partition coefficient (Wildman–Crippen LogP) is 13.3. The molecule has 0 atom stereocenters. The molecule has 0 heterocycles. The zero-order valence-corrected chi connectivity index (χ0v) is 31.8. The average Bonchev–Trinajstić information content (AvgIpc) is 3.12. The molecule has 49 heavy (non-hydrogen) atoms. The van der Waals surface area contributed by atoms with Crippen molar-refractivity contribution in [1.82, 2.24) is 0 Å². The number of esters is 2. The Morgan fingerprint density at radius 3 is 1.31 bits per heavy atom. The highest BCUT2D eigenvalue weighted by atomic mass is 16.5. The molecular weight excluding hydrogens is 604 g/mol. The molecule has 3 aliphatic rings. The van der Waals surface area contributed by atoms with Gasteiger partial charge in [-0.15, -0.1) is 0 Å². The number of rotatable bonds is 7. The molecule has 4 heteroatoms. The fourth-order valence-corrected chi connectivity index (χ4v) is 8.28. The maximum absolute atomic E-state index is 13.8. The summed E-state index contributed by atoms with van der Waals surface area (Å²) >= 11 is 0. The fraction of sp³-hybridized carbons (Fsp3) is 0.733. The Kier molecular flexibility index (Phi) is 21.4. The first-order chi connectivity index (χ1) is 24.0. The van der Waals surface area contributed by atoms with Gasteiger partial charge in [-0.05, 0) is 82.6 Å². The van der Waals surface area contributed by atoms with Crippen molar-refractivity contribution in [3.05, 3.63) is 59.2 Å². The van der Waals surface area contributed by atoms with Gasteiger partial charge in [0.1, 0.15) is 12.7 Å². The molecule has 1 aromatic carbocycles. The van der Waals surface area contributed by atoms with Gasteiger partial charge in [-0.3, -0.25) is 0 Å². The molecule has 276 valence electrons. The number of hydrogen-bond donors (Lipinski definition) is 0. The van der Waals surface area contributed by atoms with Crippen LogP contribution in [0.3, 0.4) is 0 Å². The smallest absolute Gasteiger partial charge is 0.333 e. The van der Waals surface area contributed by atoms with Gasteiger partial charge >= 0.3 is 11.9 Å². The van der Waals surface area contributed by atoms with Crippen molar-refractivity contribution in [1.29, 1.82) is 0 Å². The normalized spacial score (nSPS) is 20.4. The maximum atomic E-state index is 13.8. The van der Waals surface area contributed by atoms with Crippen LogP contribution < -0.4 is 0 Å². The van der Waals surface area contributed by atoms with E-state index in [0.717, 1.165) is 24.0 Å². The highest BCUT2D eigenvalue weighted by Crippen LogP contribution is 2.39. The second kappa shape index (κ2) is 25.6. The molecule has 0 amide bonds. The molecule has 4 rings (SSSR count). The minimum Gasteiger partial charge on any atom is -0.459 e. The summed E-state index contributed by atoms with van der Waals surface area (Å²) in [5, 5.41) is 0. The van der Waals surface area contributed by atoms with E-state index in [4.69, 9.17) is 9.47 Å². The van der Waals surface area contributed by atoms with Crippen molar-refractivity contribution in [2.45, 2.75) is 200 Å². The van der Waals surface area contributed by atoms with Crippen molar-refractivity contribution in [2.24, 2.45) is 11.8 Å². The fourth-order valence-electron chi connectivity index (χ4n) is 8.28. The van der Waals surface area contributed by atoms with Gasteiger partial charge in [0, 0.05) is 11.1 Å². The highest BCUT2D eigenvalue weighted by Gasteiger charge is 2.29. The zero-order valence-electron chi connectivity index (χ0n) is 31.8. The van der Waals surface area contributed by atoms with E-state index in [9.17, 15) is 9.59 Å². The van der Waals surface area contributed by atoms with Crippen molar-refractivity contribution in [3.8, 4) is 0 Å². The summed E-state index contributed by atoms with van der Waals surface area (Å²) in [6.45, 7) is 7.60. The molecule has 0 saturated heterocycles. The van der Waals surface area contributed by atoms with Crippen LogP contribution >= 0.6 is 0 Å². The van der Waals surface area contributed by atoms with Crippen LogP contribution in [-0.2, 0) is 25.7 Å². The van der Waals surface area contributed by atoms with Crippen LogP contribution in [-0.4, -0.2) is 18.0 Å². The van der Waals surface area contributed by atoms with E-state index in [1.165, 1.54) is 161 Å². The van der Waals surface area contributed by atoms with Crippen LogP contribution in [0, 0.1) is 11.8 Å². The SMILES string of the molecule is C=C(C)C(=O)OCc1ccccc1.CC(C(=O)OC1CCCCCCCCC1)=C(C1CCCCCCCCC1)C1CCCCCCCCC1. The maximum Gasteiger partial charge on any atom is 0.333 e. The van der Waals surface area contributed by atoms with E-state index in [1.54, 1.807) is 12.5 Å². The summed E-state index contributed by atoms with van der Waals surface area (Å²) in [6, 6.07) is 9.55. The first-order valence-corrected chi connectivity index (χ1v) is 20.7. The van der Waals surface area contributed by atoms with E-state index in [1.807, 2.05) is 30.3 Å². The third-order valence-electron chi connectivity index (χ3n) is 11.2. The van der Waals surface area contributed by atoms with Crippen LogP contribution in [0.25, 0.3) is 0 Å². The number of carbonyl (C=O) groups is 2. The van der Waals surface area contributed by atoms with Crippen LogP contribution in [0.1, 0.15) is 193 Å². The molecule has 4 nitrogen and oxygen atoms in total. The molecule has 0 bridgehead atoms. The second-order valence-electron chi connectivity index (χ2n) is 15.5. The third kappa shape index (κ3) is 17.4. The summed E-state index contributed by atoms with van der Waals surface area (Å²) in [7, 11) is 0. The molecule has 0 radical (unpaired) electrons. The number of ether oxygens (including phenoxy) is 2. The molecule has 0 aliphatic heterocycles. The van der Waals surface area contributed by atoms with Gasteiger partial charge in [-0.2, -0.15) is 0 Å². The molecule has 3 saturated carbocycles. The minimum atomic E-state index is -0.344. The van der Waals surface area contributed by atoms with Gasteiger partial charge < -0.3 is 9.47 Å². The largest absolute Gasteiger partial charge is 0.459 e. The Balaban J connectivity index is 0.000000419. The van der Waals surface area contributed by atoms with Gasteiger partial charge in [0.25, 0.3) is 0 Å². The molecule has 0 aromatic heterocycles. The number of benzene rings is 1. The lowest BCUT2D eigenvalue weighted by Gasteiger charge is -2.31. The Morgan fingerprint density at radius 2 is 0.918 bits per heavy atom. The molecule has 0 unspecified atom stereocenters. The molecular formula is C45H72O4. The first-order valence-electron chi connectivity index (χ1n) is 20.7. The van der Waals surface area contributed by atoms with Crippen LogP contribution in [0.4, 0.5) is 0 Å². The highest BCUT2D eigenvalue weighted by molar-refractivity contribution is 5.89. The van der Waals surface area contributed by atoms with E-state index < -0.39 is 0 Å². The van der Waals surface area contributed by atoms with Gasteiger partial charge in [-0.1, -0.05) is 164 Å². The lowest BCUT2D eigenvalue weighted by atomic mass is 9.74. The Morgan fingerprint density at radius 1 is 0.551 bits per heavy atom. The van der Waals surface area contributed by atoms with Crippen molar-refractivity contribution in [2.75, 3.05) is 0 Å². The molecule has 3 fully saturated rings. The summed E-state index contributed by atoms with van der Waals surface area (Å²) in [6.07, 6.45) is 35.9.